The first-order chi connectivity index (χ1) is 12.0. The Kier molecular flexibility index (Phi) is 6.32. The molecular weight excluding hydrogens is 350 g/mol. The number of carbonyl (C=O) groups is 1. The summed E-state index contributed by atoms with van der Waals surface area (Å²) in [6.45, 7) is 11.3. The Morgan fingerprint density at radius 1 is 1.35 bits per heavy atom. The number of nitrogens with zero attached hydrogens (tertiary/aromatic N) is 2. The average molecular weight is 382 g/mol. The molecule has 0 radical (unpaired) electrons. The van der Waals surface area contributed by atoms with Gasteiger partial charge in [0.2, 0.25) is 5.91 Å². The average Bonchev–Trinajstić information content (AvgIpc) is 2.59. The highest BCUT2D eigenvalue weighted by Gasteiger charge is 2.32. The summed E-state index contributed by atoms with van der Waals surface area (Å²) in [5.74, 6) is 0.473. The molecule has 1 unspecified atom stereocenters. The van der Waals surface area contributed by atoms with Crippen LogP contribution in [0.15, 0.2) is 23.4 Å². The molecule has 0 aromatic carbocycles. The van der Waals surface area contributed by atoms with E-state index in [0.717, 1.165) is 31.6 Å². The first-order valence-corrected chi connectivity index (χ1v) is 10.7. The fourth-order valence-corrected chi connectivity index (χ4v) is 4.01. The predicted molar refractivity (Wildman–Crippen MR) is 104 cm³/mol. The van der Waals surface area contributed by atoms with Gasteiger partial charge in [0.05, 0.1) is 16.6 Å². The smallest absolute Gasteiger partial charge is 0.222 e. The second-order valence-electron chi connectivity index (χ2n) is 8.32. The fraction of sp³-hybridized carbons (Fsp3) is 0.684. The summed E-state index contributed by atoms with van der Waals surface area (Å²) < 4.78 is 24.1. The number of amides is 1. The van der Waals surface area contributed by atoms with Crippen molar-refractivity contribution in [2.45, 2.75) is 57.2 Å². The van der Waals surface area contributed by atoms with Crippen LogP contribution in [0.5, 0.6) is 0 Å². The van der Waals surface area contributed by atoms with Crippen molar-refractivity contribution in [1.82, 2.24) is 10.3 Å². The SMILES string of the molecule is CC(C)C(=O)NCC1CCCN(c2ccc(S(=O)(=O)C(C)(C)C)nc2)C1. The minimum Gasteiger partial charge on any atom is -0.370 e. The van der Waals surface area contributed by atoms with Gasteiger partial charge in [-0.05, 0) is 51.7 Å². The van der Waals surface area contributed by atoms with Gasteiger partial charge in [-0.1, -0.05) is 13.8 Å². The molecule has 6 nitrogen and oxygen atoms in total. The number of aromatic nitrogens is 1. The molecule has 26 heavy (non-hydrogen) atoms. The van der Waals surface area contributed by atoms with Crippen LogP contribution in [0.1, 0.15) is 47.5 Å². The molecule has 1 fully saturated rings. The summed E-state index contributed by atoms with van der Waals surface area (Å²) in [7, 11) is -3.44. The zero-order valence-electron chi connectivity index (χ0n) is 16.4. The first kappa shape index (κ1) is 20.7. The van der Waals surface area contributed by atoms with Gasteiger partial charge in [0.25, 0.3) is 0 Å². The van der Waals surface area contributed by atoms with Crippen molar-refractivity contribution < 1.29 is 13.2 Å². The minimum absolute atomic E-state index is 0.00352. The van der Waals surface area contributed by atoms with Gasteiger partial charge in [-0.2, -0.15) is 0 Å². The molecule has 1 saturated heterocycles. The number of carbonyl (C=O) groups excluding carboxylic acids is 1. The number of pyridine rings is 1. The molecule has 1 aromatic heterocycles. The molecule has 1 aliphatic heterocycles. The van der Waals surface area contributed by atoms with E-state index < -0.39 is 14.6 Å². The normalized spacial score (nSPS) is 18.8. The summed E-state index contributed by atoms with van der Waals surface area (Å²) in [5.41, 5.74) is 0.928. The predicted octanol–water partition coefficient (Wildman–Crippen LogP) is 2.64. The van der Waals surface area contributed by atoms with Crippen molar-refractivity contribution in [2.24, 2.45) is 11.8 Å². The molecule has 146 valence electrons. The molecule has 2 heterocycles. The molecule has 1 aromatic rings. The van der Waals surface area contributed by atoms with Crippen LogP contribution in [-0.4, -0.2) is 43.7 Å². The van der Waals surface area contributed by atoms with E-state index in [1.165, 1.54) is 0 Å². The van der Waals surface area contributed by atoms with Gasteiger partial charge in [0.15, 0.2) is 14.9 Å². The number of sulfone groups is 1. The molecule has 1 aliphatic rings. The molecule has 1 atom stereocenters. The van der Waals surface area contributed by atoms with Gasteiger partial charge in [-0.15, -0.1) is 0 Å². The van der Waals surface area contributed by atoms with Crippen LogP contribution in [0.4, 0.5) is 5.69 Å². The first-order valence-electron chi connectivity index (χ1n) is 9.25. The van der Waals surface area contributed by atoms with E-state index in [9.17, 15) is 13.2 Å². The zero-order valence-corrected chi connectivity index (χ0v) is 17.3. The van der Waals surface area contributed by atoms with E-state index in [-0.39, 0.29) is 16.9 Å². The van der Waals surface area contributed by atoms with E-state index in [4.69, 9.17) is 0 Å². The maximum Gasteiger partial charge on any atom is 0.222 e. The maximum atomic E-state index is 12.5. The lowest BCUT2D eigenvalue weighted by Crippen LogP contribution is -2.41. The molecular formula is C19H31N3O3S. The van der Waals surface area contributed by atoms with Crippen molar-refractivity contribution in [3.05, 3.63) is 18.3 Å². The quantitative estimate of drug-likeness (QED) is 0.848. The van der Waals surface area contributed by atoms with Gasteiger partial charge < -0.3 is 10.2 Å². The fourth-order valence-electron chi connectivity index (χ4n) is 2.95. The highest BCUT2D eigenvalue weighted by atomic mass is 32.2. The van der Waals surface area contributed by atoms with Crippen LogP contribution in [-0.2, 0) is 14.6 Å². The monoisotopic (exact) mass is 381 g/mol. The maximum absolute atomic E-state index is 12.5. The second kappa shape index (κ2) is 7.94. The van der Waals surface area contributed by atoms with Gasteiger partial charge in [0.1, 0.15) is 0 Å². The number of hydrogen-bond acceptors (Lipinski definition) is 5. The highest BCUT2D eigenvalue weighted by molar-refractivity contribution is 7.92. The third-order valence-corrected chi connectivity index (χ3v) is 7.18. The van der Waals surface area contributed by atoms with Crippen molar-refractivity contribution in [2.75, 3.05) is 24.5 Å². The Labute approximate surface area is 157 Å². The Morgan fingerprint density at radius 3 is 2.58 bits per heavy atom. The summed E-state index contributed by atoms with van der Waals surface area (Å²) in [6.07, 6.45) is 3.77. The highest BCUT2D eigenvalue weighted by Crippen LogP contribution is 2.26. The van der Waals surface area contributed by atoms with E-state index in [2.05, 4.69) is 15.2 Å². The molecule has 2 rings (SSSR count). The Balaban J connectivity index is 2.04. The number of piperidine rings is 1. The number of hydrogen-bond donors (Lipinski definition) is 1. The molecule has 0 aliphatic carbocycles. The van der Waals surface area contributed by atoms with Crippen LogP contribution < -0.4 is 10.2 Å². The van der Waals surface area contributed by atoms with Crippen molar-refractivity contribution >= 4 is 21.4 Å². The lowest BCUT2D eigenvalue weighted by molar-refractivity contribution is -0.124. The van der Waals surface area contributed by atoms with Crippen molar-refractivity contribution in [1.29, 1.82) is 0 Å². The van der Waals surface area contributed by atoms with Crippen LogP contribution in [0.25, 0.3) is 0 Å². The summed E-state index contributed by atoms with van der Waals surface area (Å²) >= 11 is 0. The number of nitrogens with one attached hydrogen (secondary N) is 1. The Morgan fingerprint density at radius 2 is 2.04 bits per heavy atom. The molecule has 0 bridgehead atoms. The Hall–Kier alpha value is -1.63. The minimum atomic E-state index is -3.44. The topological polar surface area (TPSA) is 79.4 Å². The standard InChI is InChI=1S/C19H31N3O3S/c1-14(2)18(23)21-11-15-7-6-10-22(13-15)16-8-9-17(20-12-16)26(24,25)19(3,4)5/h8-9,12,14-15H,6-7,10-11,13H2,1-5H3,(H,21,23). The number of rotatable bonds is 5. The van der Waals surface area contributed by atoms with E-state index in [1.807, 2.05) is 19.9 Å². The van der Waals surface area contributed by atoms with Gasteiger partial charge >= 0.3 is 0 Å². The van der Waals surface area contributed by atoms with Crippen LogP contribution >= 0.6 is 0 Å². The van der Waals surface area contributed by atoms with Crippen LogP contribution in [0.2, 0.25) is 0 Å². The largest absolute Gasteiger partial charge is 0.370 e. The molecule has 0 saturated carbocycles. The van der Waals surface area contributed by atoms with Crippen LogP contribution in [0.3, 0.4) is 0 Å². The van der Waals surface area contributed by atoms with Gasteiger partial charge in [-0.25, -0.2) is 13.4 Å². The summed E-state index contributed by atoms with van der Waals surface area (Å²) in [5, 5.41) is 3.13. The van der Waals surface area contributed by atoms with E-state index in [1.54, 1.807) is 33.0 Å². The third-order valence-electron chi connectivity index (χ3n) is 4.78. The van der Waals surface area contributed by atoms with Crippen molar-refractivity contribution in [3.63, 3.8) is 0 Å². The van der Waals surface area contributed by atoms with Gasteiger partial charge in [0, 0.05) is 25.6 Å². The third kappa shape index (κ3) is 4.75. The van der Waals surface area contributed by atoms with Crippen molar-refractivity contribution in [3.8, 4) is 0 Å². The van der Waals surface area contributed by atoms with E-state index >= 15 is 0 Å². The lowest BCUT2D eigenvalue weighted by Gasteiger charge is -2.34. The molecule has 7 heteroatoms. The lowest BCUT2D eigenvalue weighted by atomic mass is 9.97. The zero-order chi connectivity index (χ0) is 19.5. The second-order valence-corrected chi connectivity index (χ2v) is 11.0. The number of anilines is 1. The molecule has 1 N–H and O–H groups in total. The molecule has 0 spiro atoms. The van der Waals surface area contributed by atoms with Gasteiger partial charge in [-0.3, -0.25) is 4.79 Å². The molecule has 1 amide bonds. The summed E-state index contributed by atoms with van der Waals surface area (Å²) in [6, 6.07) is 3.43. The summed E-state index contributed by atoms with van der Waals surface area (Å²) in [4.78, 5) is 18.2. The van der Waals surface area contributed by atoms with E-state index in [0.29, 0.717) is 12.5 Å². The van der Waals surface area contributed by atoms with Crippen LogP contribution in [0, 0.1) is 11.8 Å². The Bertz CT molecular complexity index is 721.